The average molecular weight is 232 g/mol. The highest BCUT2D eigenvalue weighted by Gasteiger charge is 1.99. The fourth-order valence-corrected chi connectivity index (χ4v) is 1.15. The highest BCUT2D eigenvalue weighted by atomic mass is 79.9. The van der Waals surface area contributed by atoms with Crippen molar-refractivity contribution in [1.29, 1.82) is 0 Å². The molecule has 66 valence electrons. The number of rotatable bonds is 3. The van der Waals surface area contributed by atoms with Gasteiger partial charge in [0.25, 0.3) is 0 Å². The zero-order valence-corrected chi connectivity index (χ0v) is 8.04. The van der Waals surface area contributed by atoms with E-state index in [9.17, 15) is 0 Å². The normalized spacial score (nSPS) is 9.83. The third-order valence-electron chi connectivity index (χ3n) is 1.30. The van der Waals surface area contributed by atoms with E-state index in [-0.39, 0.29) is 13.2 Å². The lowest BCUT2D eigenvalue weighted by molar-refractivity contribution is 0.200. The van der Waals surface area contributed by atoms with Crippen molar-refractivity contribution in [3.63, 3.8) is 0 Å². The first kappa shape index (κ1) is 9.35. The number of hydrogen-bond donors (Lipinski definition) is 2. The van der Waals surface area contributed by atoms with E-state index in [1.165, 1.54) is 0 Å². The number of benzene rings is 1. The van der Waals surface area contributed by atoms with Gasteiger partial charge in [0.15, 0.2) is 0 Å². The van der Waals surface area contributed by atoms with Gasteiger partial charge in [-0.2, -0.15) is 0 Å². The van der Waals surface area contributed by atoms with Crippen molar-refractivity contribution in [1.82, 2.24) is 0 Å². The zero-order valence-electron chi connectivity index (χ0n) is 6.46. The standard InChI is InChI=1S/C8H10BrNO2/c9-7-2-1-6(10)5-8(7)12-4-3-11/h1-2,5,11H,3-4,10H2. The summed E-state index contributed by atoms with van der Waals surface area (Å²) in [5.41, 5.74) is 6.18. The van der Waals surface area contributed by atoms with E-state index in [4.69, 9.17) is 15.6 Å². The lowest BCUT2D eigenvalue weighted by Crippen LogP contribution is -2.02. The van der Waals surface area contributed by atoms with Crippen LogP contribution in [0.5, 0.6) is 5.75 Å². The molecule has 0 bridgehead atoms. The summed E-state index contributed by atoms with van der Waals surface area (Å²) < 4.78 is 6.03. The summed E-state index contributed by atoms with van der Waals surface area (Å²) in [6.07, 6.45) is 0. The van der Waals surface area contributed by atoms with Crippen LogP contribution in [0.1, 0.15) is 0 Å². The van der Waals surface area contributed by atoms with Crippen LogP contribution in [0.15, 0.2) is 22.7 Å². The van der Waals surface area contributed by atoms with Crippen LogP contribution in [-0.4, -0.2) is 18.3 Å². The number of aliphatic hydroxyl groups is 1. The Hall–Kier alpha value is -0.740. The van der Waals surface area contributed by atoms with Crippen LogP contribution >= 0.6 is 15.9 Å². The van der Waals surface area contributed by atoms with Crippen molar-refractivity contribution in [3.05, 3.63) is 22.7 Å². The summed E-state index contributed by atoms with van der Waals surface area (Å²) in [4.78, 5) is 0. The first-order chi connectivity index (χ1) is 5.74. The topological polar surface area (TPSA) is 55.5 Å². The molecule has 0 aliphatic carbocycles. The van der Waals surface area contributed by atoms with Gasteiger partial charge in [-0.3, -0.25) is 0 Å². The Bertz CT molecular complexity index is 265. The molecular weight excluding hydrogens is 222 g/mol. The summed E-state index contributed by atoms with van der Waals surface area (Å²) in [6, 6.07) is 5.29. The monoisotopic (exact) mass is 231 g/mol. The van der Waals surface area contributed by atoms with E-state index < -0.39 is 0 Å². The predicted octanol–water partition coefficient (Wildman–Crippen LogP) is 1.40. The van der Waals surface area contributed by atoms with Crippen molar-refractivity contribution in [3.8, 4) is 5.75 Å². The SMILES string of the molecule is Nc1ccc(Br)c(OCCO)c1. The molecule has 3 nitrogen and oxygen atoms in total. The molecule has 0 aliphatic heterocycles. The first-order valence-corrected chi connectivity index (χ1v) is 4.32. The third kappa shape index (κ3) is 2.39. The lowest BCUT2D eigenvalue weighted by Gasteiger charge is -2.06. The maximum Gasteiger partial charge on any atom is 0.135 e. The molecule has 0 unspecified atom stereocenters. The van der Waals surface area contributed by atoms with Crippen LogP contribution in [0.4, 0.5) is 5.69 Å². The minimum absolute atomic E-state index is 0.00123. The number of hydrogen-bond acceptors (Lipinski definition) is 3. The lowest BCUT2D eigenvalue weighted by atomic mass is 10.3. The van der Waals surface area contributed by atoms with Gasteiger partial charge in [-0.05, 0) is 28.1 Å². The molecule has 0 atom stereocenters. The van der Waals surface area contributed by atoms with E-state index in [0.29, 0.717) is 11.4 Å². The molecule has 4 heteroatoms. The quantitative estimate of drug-likeness (QED) is 0.774. The molecule has 0 heterocycles. The molecule has 0 fully saturated rings. The Morgan fingerprint density at radius 3 is 2.92 bits per heavy atom. The summed E-state index contributed by atoms with van der Waals surface area (Å²) in [5, 5.41) is 8.52. The molecule has 0 aliphatic rings. The number of aliphatic hydroxyl groups excluding tert-OH is 1. The van der Waals surface area contributed by atoms with Crippen LogP contribution < -0.4 is 10.5 Å². The molecule has 1 aromatic rings. The van der Waals surface area contributed by atoms with Gasteiger partial charge in [0.2, 0.25) is 0 Å². The molecule has 3 N–H and O–H groups in total. The Morgan fingerprint density at radius 2 is 2.25 bits per heavy atom. The summed E-state index contributed by atoms with van der Waals surface area (Å²) in [5.74, 6) is 0.657. The fourth-order valence-electron chi connectivity index (χ4n) is 0.786. The number of halogens is 1. The second-order valence-electron chi connectivity index (χ2n) is 2.26. The minimum Gasteiger partial charge on any atom is -0.490 e. The van der Waals surface area contributed by atoms with Crippen molar-refractivity contribution < 1.29 is 9.84 Å². The molecular formula is C8H10BrNO2. The highest BCUT2D eigenvalue weighted by molar-refractivity contribution is 9.10. The van der Waals surface area contributed by atoms with Gasteiger partial charge in [-0.15, -0.1) is 0 Å². The van der Waals surface area contributed by atoms with Crippen LogP contribution in [0, 0.1) is 0 Å². The number of nitrogens with two attached hydrogens (primary N) is 1. The van der Waals surface area contributed by atoms with Crippen LogP contribution in [0.3, 0.4) is 0 Å². The van der Waals surface area contributed by atoms with Crippen molar-refractivity contribution in [2.45, 2.75) is 0 Å². The van der Waals surface area contributed by atoms with E-state index in [1.807, 2.05) is 6.07 Å². The molecule has 0 spiro atoms. The zero-order chi connectivity index (χ0) is 8.97. The number of nitrogen functional groups attached to an aromatic ring is 1. The first-order valence-electron chi connectivity index (χ1n) is 3.52. The fraction of sp³-hybridized carbons (Fsp3) is 0.250. The Kier molecular flexibility index (Phi) is 3.37. The smallest absolute Gasteiger partial charge is 0.135 e. The van der Waals surface area contributed by atoms with Crippen molar-refractivity contribution in [2.75, 3.05) is 18.9 Å². The third-order valence-corrected chi connectivity index (χ3v) is 1.96. The molecule has 0 amide bonds. The second kappa shape index (κ2) is 4.33. The Morgan fingerprint density at radius 1 is 1.50 bits per heavy atom. The van der Waals surface area contributed by atoms with Crippen LogP contribution in [0.25, 0.3) is 0 Å². The van der Waals surface area contributed by atoms with E-state index in [1.54, 1.807) is 12.1 Å². The van der Waals surface area contributed by atoms with Crippen molar-refractivity contribution in [2.24, 2.45) is 0 Å². The van der Waals surface area contributed by atoms with Crippen molar-refractivity contribution >= 4 is 21.6 Å². The van der Waals surface area contributed by atoms with Gasteiger partial charge in [-0.1, -0.05) is 0 Å². The number of ether oxygens (including phenoxy) is 1. The Labute approximate surface area is 79.3 Å². The van der Waals surface area contributed by atoms with Gasteiger partial charge in [0.1, 0.15) is 12.4 Å². The van der Waals surface area contributed by atoms with E-state index >= 15 is 0 Å². The summed E-state index contributed by atoms with van der Waals surface area (Å²) in [6.45, 7) is 0.281. The minimum atomic E-state index is 0.00123. The van der Waals surface area contributed by atoms with E-state index in [0.717, 1.165) is 4.47 Å². The highest BCUT2D eigenvalue weighted by Crippen LogP contribution is 2.26. The van der Waals surface area contributed by atoms with Gasteiger partial charge >= 0.3 is 0 Å². The van der Waals surface area contributed by atoms with Crippen LogP contribution in [-0.2, 0) is 0 Å². The molecule has 0 aromatic heterocycles. The Balaban J connectivity index is 2.75. The van der Waals surface area contributed by atoms with Gasteiger partial charge < -0.3 is 15.6 Å². The number of anilines is 1. The molecule has 0 radical (unpaired) electrons. The maximum absolute atomic E-state index is 8.52. The summed E-state index contributed by atoms with van der Waals surface area (Å²) >= 11 is 3.30. The molecule has 12 heavy (non-hydrogen) atoms. The molecule has 1 aromatic carbocycles. The van der Waals surface area contributed by atoms with E-state index in [2.05, 4.69) is 15.9 Å². The largest absolute Gasteiger partial charge is 0.490 e. The molecule has 0 saturated carbocycles. The van der Waals surface area contributed by atoms with Gasteiger partial charge in [-0.25, -0.2) is 0 Å². The predicted molar refractivity (Wildman–Crippen MR) is 51.1 cm³/mol. The van der Waals surface area contributed by atoms with Crippen LogP contribution in [0.2, 0.25) is 0 Å². The second-order valence-corrected chi connectivity index (χ2v) is 3.12. The average Bonchev–Trinajstić information content (AvgIpc) is 2.07. The van der Waals surface area contributed by atoms with Gasteiger partial charge in [0, 0.05) is 11.8 Å². The van der Waals surface area contributed by atoms with Gasteiger partial charge in [0.05, 0.1) is 11.1 Å². The summed E-state index contributed by atoms with van der Waals surface area (Å²) in [7, 11) is 0. The molecule has 0 saturated heterocycles. The molecule has 1 rings (SSSR count). The maximum atomic E-state index is 8.52.